The fraction of sp³-hybridized carbons (Fsp3) is 0.800. The Labute approximate surface area is 75.4 Å². The van der Waals surface area contributed by atoms with Crippen molar-refractivity contribution >= 4 is 0 Å². The second-order valence-corrected chi connectivity index (χ2v) is 3.63. The van der Waals surface area contributed by atoms with E-state index >= 15 is 0 Å². The third-order valence-corrected chi connectivity index (χ3v) is 2.37. The van der Waals surface area contributed by atoms with Gasteiger partial charge >= 0.3 is 0 Å². The van der Waals surface area contributed by atoms with Crippen LogP contribution in [-0.4, -0.2) is 31.6 Å². The standard InChI is InChI=1S/C10H20N2/c1-12(8-7-11)9-10-5-3-2-4-6-10/h5H,2-4,6-9,11H2,1H3. The van der Waals surface area contributed by atoms with Crippen molar-refractivity contribution in [2.24, 2.45) is 5.73 Å². The van der Waals surface area contributed by atoms with E-state index in [0.29, 0.717) is 0 Å². The summed E-state index contributed by atoms with van der Waals surface area (Å²) in [5.74, 6) is 0. The van der Waals surface area contributed by atoms with Crippen molar-refractivity contribution in [3.05, 3.63) is 11.6 Å². The van der Waals surface area contributed by atoms with Crippen LogP contribution in [0.15, 0.2) is 11.6 Å². The Kier molecular flexibility index (Phi) is 4.33. The summed E-state index contributed by atoms with van der Waals surface area (Å²) in [6.45, 7) is 2.90. The highest BCUT2D eigenvalue weighted by Gasteiger charge is 2.05. The van der Waals surface area contributed by atoms with Gasteiger partial charge in [0.15, 0.2) is 0 Å². The van der Waals surface area contributed by atoms with E-state index in [-0.39, 0.29) is 0 Å². The maximum Gasteiger partial charge on any atom is 0.0190 e. The molecule has 0 fully saturated rings. The van der Waals surface area contributed by atoms with E-state index in [0.717, 1.165) is 19.6 Å². The molecule has 0 radical (unpaired) electrons. The third-order valence-electron chi connectivity index (χ3n) is 2.37. The van der Waals surface area contributed by atoms with Crippen molar-refractivity contribution < 1.29 is 0 Å². The predicted molar refractivity (Wildman–Crippen MR) is 53.1 cm³/mol. The van der Waals surface area contributed by atoms with Gasteiger partial charge in [-0.15, -0.1) is 0 Å². The minimum absolute atomic E-state index is 0.768. The average Bonchev–Trinajstić information content (AvgIpc) is 2.06. The van der Waals surface area contributed by atoms with Crippen molar-refractivity contribution in [3.63, 3.8) is 0 Å². The molecule has 70 valence electrons. The Morgan fingerprint density at radius 3 is 2.92 bits per heavy atom. The molecular weight excluding hydrogens is 148 g/mol. The quantitative estimate of drug-likeness (QED) is 0.643. The van der Waals surface area contributed by atoms with Gasteiger partial charge in [-0.3, -0.25) is 0 Å². The lowest BCUT2D eigenvalue weighted by Gasteiger charge is -2.20. The highest BCUT2D eigenvalue weighted by molar-refractivity contribution is 5.06. The normalized spacial score (nSPS) is 18.1. The molecule has 0 aliphatic heterocycles. The van der Waals surface area contributed by atoms with Gasteiger partial charge in [0.2, 0.25) is 0 Å². The summed E-state index contributed by atoms with van der Waals surface area (Å²) in [5.41, 5.74) is 7.08. The predicted octanol–water partition coefficient (Wildman–Crippen LogP) is 1.38. The van der Waals surface area contributed by atoms with Gasteiger partial charge in [-0.1, -0.05) is 11.6 Å². The first-order valence-corrected chi connectivity index (χ1v) is 4.89. The maximum absolute atomic E-state index is 5.47. The fourth-order valence-corrected chi connectivity index (χ4v) is 1.69. The average molecular weight is 168 g/mol. The van der Waals surface area contributed by atoms with Crippen LogP contribution >= 0.6 is 0 Å². The van der Waals surface area contributed by atoms with Crippen molar-refractivity contribution in [2.45, 2.75) is 25.7 Å². The van der Waals surface area contributed by atoms with Crippen LogP contribution in [-0.2, 0) is 0 Å². The van der Waals surface area contributed by atoms with Crippen LogP contribution in [0.5, 0.6) is 0 Å². The van der Waals surface area contributed by atoms with Crippen LogP contribution < -0.4 is 5.73 Å². The Morgan fingerprint density at radius 1 is 1.50 bits per heavy atom. The molecule has 0 spiro atoms. The van der Waals surface area contributed by atoms with E-state index in [1.807, 2.05) is 0 Å². The summed E-state index contributed by atoms with van der Waals surface area (Å²) in [6, 6.07) is 0. The molecule has 0 saturated heterocycles. The van der Waals surface area contributed by atoms with Gasteiger partial charge in [-0.25, -0.2) is 0 Å². The van der Waals surface area contributed by atoms with E-state index in [1.54, 1.807) is 5.57 Å². The molecule has 0 aromatic carbocycles. The molecule has 0 unspecified atom stereocenters. The van der Waals surface area contributed by atoms with E-state index < -0.39 is 0 Å². The number of nitrogens with zero attached hydrogens (tertiary/aromatic N) is 1. The molecule has 0 amide bonds. The van der Waals surface area contributed by atoms with Crippen LogP contribution in [0.25, 0.3) is 0 Å². The first kappa shape index (κ1) is 9.75. The van der Waals surface area contributed by atoms with Crippen LogP contribution in [0.3, 0.4) is 0 Å². The first-order valence-electron chi connectivity index (χ1n) is 4.89. The zero-order valence-corrected chi connectivity index (χ0v) is 8.05. The number of likely N-dealkylation sites (N-methyl/N-ethyl adjacent to an activating group) is 1. The van der Waals surface area contributed by atoms with Crippen LogP contribution in [0.4, 0.5) is 0 Å². The zero-order valence-electron chi connectivity index (χ0n) is 8.05. The van der Waals surface area contributed by atoms with Crippen LogP contribution in [0, 0.1) is 0 Å². The summed E-state index contributed by atoms with van der Waals surface area (Å²) in [5, 5.41) is 0. The number of allylic oxidation sites excluding steroid dienone is 1. The molecule has 0 aromatic heterocycles. The largest absolute Gasteiger partial charge is 0.329 e. The van der Waals surface area contributed by atoms with E-state index in [4.69, 9.17) is 5.73 Å². The first-order chi connectivity index (χ1) is 5.83. The van der Waals surface area contributed by atoms with Crippen molar-refractivity contribution in [3.8, 4) is 0 Å². The molecule has 0 aromatic rings. The topological polar surface area (TPSA) is 29.3 Å². The van der Waals surface area contributed by atoms with Gasteiger partial charge in [0.25, 0.3) is 0 Å². The number of hydrogen-bond acceptors (Lipinski definition) is 2. The van der Waals surface area contributed by atoms with Crippen LogP contribution in [0.1, 0.15) is 25.7 Å². The highest BCUT2D eigenvalue weighted by Crippen LogP contribution is 2.17. The van der Waals surface area contributed by atoms with Gasteiger partial charge in [-0.05, 0) is 32.7 Å². The molecule has 0 heterocycles. The minimum Gasteiger partial charge on any atom is -0.329 e. The molecule has 2 nitrogen and oxygen atoms in total. The Balaban J connectivity index is 2.24. The summed E-state index contributed by atoms with van der Waals surface area (Å²) < 4.78 is 0. The summed E-state index contributed by atoms with van der Waals surface area (Å²) in [7, 11) is 2.14. The SMILES string of the molecule is CN(CCN)CC1=CCCCC1. The molecule has 0 atom stereocenters. The highest BCUT2D eigenvalue weighted by atomic mass is 15.1. The Hall–Kier alpha value is -0.340. The summed E-state index contributed by atoms with van der Waals surface area (Å²) in [4.78, 5) is 2.30. The molecule has 2 heteroatoms. The van der Waals surface area contributed by atoms with Gasteiger partial charge < -0.3 is 10.6 Å². The lowest BCUT2D eigenvalue weighted by molar-refractivity contribution is 0.365. The molecule has 1 rings (SSSR count). The van der Waals surface area contributed by atoms with Gasteiger partial charge in [0.05, 0.1) is 0 Å². The second-order valence-electron chi connectivity index (χ2n) is 3.63. The molecule has 12 heavy (non-hydrogen) atoms. The maximum atomic E-state index is 5.47. The Morgan fingerprint density at radius 2 is 2.33 bits per heavy atom. The fourth-order valence-electron chi connectivity index (χ4n) is 1.69. The molecule has 0 saturated carbocycles. The molecular formula is C10H20N2. The molecule has 2 N–H and O–H groups in total. The number of rotatable bonds is 4. The smallest absolute Gasteiger partial charge is 0.0190 e. The summed E-state index contributed by atoms with van der Waals surface area (Å²) in [6.07, 6.45) is 7.74. The van der Waals surface area contributed by atoms with E-state index in [9.17, 15) is 0 Å². The number of nitrogens with two attached hydrogens (primary N) is 1. The summed E-state index contributed by atoms with van der Waals surface area (Å²) >= 11 is 0. The zero-order chi connectivity index (χ0) is 8.81. The lowest BCUT2D eigenvalue weighted by Crippen LogP contribution is -2.27. The monoisotopic (exact) mass is 168 g/mol. The molecule has 0 bridgehead atoms. The van der Waals surface area contributed by atoms with Crippen LogP contribution in [0.2, 0.25) is 0 Å². The molecule has 1 aliphatic rings. The lowest BCUT2D eigenvalue weighted by atomic mass is 9.99. The minimum atomic E-state index is 0.768. The van der Waals surface area contributed by atoms with Gasteiger partial charge in [-0.2, -0.15) is 0 Å². The van der Waals surface area contributed by atoms with Gasteiger partial charge in [0, 0.05) is 19.6 Å². The van der Waals surface area contributed by atoms with Crippen molar-refractivity contribution in [2.75, 3.05) is 26.7 Å². The van der Waals surface area contributed by atoms with Gasteiger partial charge in [0.1, 0.15) is 0 Å². The second kappa shape index (κ2) is 5.33. The molecule has 1 aliphatic carbocycles. The van der Waals surface area contributed by atoms with E-state index in [2.05, 4.69) is 18.0 Å². The Bertz CT molecular complexity index is 152. The third kappa shape index (κ3) is 3.37. The number of hydrogen-bond donors (Lipinski definition) is 1. The van der Waals surface area contributed by atoms with Crippen molar-refractivity contribution in [1.29, 1.82) is 0 Å². The van der Waals surface area contributed by atoms with E-state index in [1.165, 1.54) is 25.7 Å². The van der Waals surface area contributed by atoms with Crippen molar-refractivity contribution in [1.82, 2.24) is 4.90 Å².